The van der Waals surface area contributed by atoms with Crippen molar-refractivity contribution in [2.75, 3.05) is 13.7 Å². The van der Waals surface area contributed by atoms with Gasteiger partial charge < -0.3 is 9.47 Å². The summed E-state index contributed by atoms with van der Waals surface area (Å²) >= 11 is 0. The molecule has 0 N–H and O–H groups in total. The number of methoxy groups -OCH3 is 1. The van der Waals surface area contributed by atoms with Gasteiger partial charge in [0.25, 0.3) is 0 Å². The molecule has 3 heteroatoms. The van der Waals surface area contributed by atoms with E-state index in [0.29, 0.717) is 12.5 Å². The first-order chi connectivity index (χ1) is 5.79. The van der Waals surface area contributed by atoms with E-state index >= 15 is 0 Å². The molecule has 1 rings (SSSR count). The van der Waals surface area contributed by atoms with Gasteiger partial charge in [0.15, 0.2) is 6.10 Å². The normalized spacial score (nSPS) is 29.8. The minimum Gasteiger partial charge on any atom is -0.467 e. The standard InChI is InChI=1S/C9H16O3/c1-3-7-5-4-6-12-8(7)9(10)11-2/h7-8H,3-6H2,1-2H3/t7-,8+/m0/s1. The molecule has 0 aromatic rings. The molecule has 0 radical (unpaired) electrons. The monoisotopic (exact) mass is 172 g/mol. The first-order valence-electron chi connectivity index (χ1n) is 4.49. The molecule has 0 spiro atoms. The zero-order valence-corrected chi connectivity index (χ0v) is 7.71. The Morgan fingerprint density at radius 1 is 1.67 bits per heavy atom. The largest absolute Gasteiger partial charge is 0.467 e. The van der Waals surface area contributed by atoms with Crippen LogP contribution in [0.3, 0.4) is 0 Å². The number of carbonyl (C=O) groups excluding carboxylic acids is 1. The Balaban J connectivity index is 2.52. The minimum absolute atomic E-state index is 0.221. The molecule has 0 aromatic carbocycles. The van der Waals surface area contributed by atoms with Crippen LogP contribution in [0.2, 0.25) is 0 Å². The van der Waals surface area contributed by atoms with Gasteiger partial charge in [0.1, 0.15) is 0 Å². The Bertz CT molecular complexity index is 156. The molecule has 0 aliphatic carbocycles. The molecule has 1 aliphatic heterocycles. The molecule has 1 fully saturated rings. The molecule has 1 aliphatic rings. The first kappa shape index (κ1) is 9.52. The lowest BCUT2D eigenvalue weighted by molar-refractivity contribution is -0.162. The van der Waals surface area contributed by atoms with Crippen molar-refractivity contribution in [2.45, 2.75) is 32.3 Å². The lowest BCUT2D eigenvalue weighted by atomic mass is 9.92. The van der Waals surface area contributed by atoms with Crippen LogP contribution in [0.4, 0.5) is 0 Å². The smallest absolute Gasteiger partial charge is 0.335 e. The van der Waals surface area contributed by atoms with Crippen molar-refractivity contribution in [3.8, 4) is 0 Å². The lowest BCUT2D eigenvalue weighted by Gasteiger charge is -2.28. The minimum atomic E-state index is -0.311. The Morgan fingerprint density at radius 3 is 3.00 bits per heavy atom. The highest BCUT2D eigenvalue weighted by molar-refractivity contribution is 5.75. The molecular weight excluding hydrogens is 156 g/mol. The Labute approximate surface area is 73.0 Å². The fourth-order valence-electron chi connectivity index (χ4n) is 1.64. The number of hydrogen-bond acceptors (Lipinski definition) is 3. The van der Waals surface area contributed by atoms with E-state index < -0.39 is 0 Å². The van der Waals surface area contributed by atoms with Crippen molar-refractivity contribution >= 4 is 5.97 Å². The van der Waals surface area contributed by atoms with E-state index in [1.54, 1.807) is 0 Å². The Hall–Kier alpha value is -0.570. The summed E-state index contributed by atoms with van der Waals surface area (Å²) in [5.41, 5.74) is 0. The first-order valence-corrected chi connectivity index (χ1v) is 4.49. The van der Waals surface area contributed by atoms with Crippen LogP contribution in [0, 0.1) is 5.92 Å². The average Bonchev–Trinajstić information content (AvgIpc) is 2.16. The summed E-state index contributed by atoms with van der Waals surface area (Å²) in [5, 5.41) is 0. The van der Waals surface area contributed by atoms with Gasteiger partial charge in [0.05, 0.1) is 7.11 Å². The van der Waals surface area contributed by atoms with Crippen molar-refractivity contribution in [1.29, 1.82) is 0 Å². The van der Waals surface area contributed by atoms with Crippen LogP contribution in [-0.4, -0.2) is 25.8 Å². The third-order valence-electron chi connectivity index (χ3n) is 2.40. The van der Waals surface area contributed by atoms with E-state index in [1.165, 1.54) is 7.11 Å². The third-order valence-corrected chi connectivity index (χ3v) is 2.40. The molecule has 0 bridgehead atoms. The zero-order chi connectivity index (χ0) is 8.97. The van der Waals surface area contributed by atoms with Crippen molar-refractivity contribution in [1.82, 2.24) is 0 Å². The van der Waals surface area contributed by atoms with Gasteiger partial charge in [-0.25, -0.2) is 4.79 Å². The van der Waals surface area contributed by atoms with Crippen LogP contribution in [0.5, 0.6) is 0 Å². The van der Waals surface area contributed by atoms with Gasteiger partial charge in [0, 0.05) is 6.61 Å². The summed E-state index contributed by atoms with van der Waals surface area (Å²) < 4.78 is 10.0. The van der Waals surface area contributed by atoms with Gasteiger partial charge in [-0.3, -0.25) is 0 Å². The molecule has 0 unspecified atom stereocenters. The summed E-state index contributed by atoms with van der Waals surface area (Å²) in [5.74, 6) is 0.132. The van der Waals surface area contributed by atoms with Crippen LogP contribution in [-0.2, 0) is 14.3 Å². The Morgan fingerprint density at radius 2 is 2.42 bits per heavy atom. The summed E-state index contributed by atoms with van der Waals surface area (Å²) in [4.78, 5) is 11.2. The van der Waals surface area contributed by atoms with Gasteiger partial charge in [-0.1, -0.05) is 13.3 Å². The fraction of sp³-hybridized carbons (Fsp3) is 0.889. The summed E-state index contributed by atoms with van der Waals surface area (Å²) in [7, 11) is 1.41. The van der Waals surface area contributed by atoms with Crippen LogP contribution in [0.1, 0.15) is 26.2 Å². The van der Waals surface area contributed by atoms with Crippen molar-refractivity contribution in [3.05, 3.63) is 0 Å². The maximum atomic E-state index is 11.2. The van der Waals surface area contributed by atoms with Gasteiger partial charge in [-0.05, 0) is 18.8 Å². The molecule has 3 nitrogen and oxygen atoms in total. The number of rotatable bonds is 2. The predicted molar refractivity (Wildman–Crippen MR) is 44.8 cm³/mol. The molecule has 0 saturated carbocycles. The average molecular weight is 172 g/mol. The van der Waals surface area contributed by atoms with Gasteiger partial charge in [-0.2, -0.15) is 0 Å². The van der Waals surface area contributed by atoms with Gasteiger partial charge in [0.2, 0.25) is 0 Å². The molecule has 2 atom stereocenters. The third kappa shape index (κ3) is 1.97. The van der Waals surface area contributed by atoms with Crippen molar-refractivity contribution < 1.29 is 14.3 Å². The van der Waals surface area contributed by atoms with E-state index in [2.05, 4.69) is 11.7 Å². The van der Waals surface area contributed by atoms with Gasteiger partial charge >= 0.3 is 5.97 Å². The highest BCUT2D eigenvalue weighted by Gasteiger charge is 2.31. The van der Waals surface area contributed by atoms with E-state index in [0.717, 1.165) is 19.3 Å². The summed E-state index contributed by atoms with van der Waals surface area (Å²) in [6.07, 6.45) is 2.82. The summed E-state index contributed by atoms with van der Waals surface area (Å²) in [6, 6.07) is 0. The lowest BCUT2D eigenvalue weighted by Crippen LogP contribution is -2.37. The quantitative estimate of drug-likeness (QED) is 0.590. The SMILES string of the molecule is CC[C@H]1CCCO[C@H]1C(=O)OC. The zero-order valence-electron chi connectivity index (χ0n) is 7.71. The topological polar surface area (TPSA) is 35.5 Å². The van der Waals surface area contributed by atoms with E-state index in [1.807, 2.05) is 0 Å². The Kier molecular flexibility index (Phi) is 3.53. The highest BCUT2D eigenvalue weighted by atomic mass is 16.6. The van der Waals surface area contributed by atoms with Crippen LogP contribution in [0.15, 0.2) is 0 Å². The van der Waals surface area contributed by atoms with Crippen molar-refractivity contribution in [2.24, 2.45) is 5.92 Å². The molecule has 70 valence electrons. The second-order valence-electron chi connectivity index (χ2n) is 3.13. The number of carbonyl (C=O) groups is 1. The number of ether oxygens (including phenoxy) is 2. The molecule has 1 heterocycles. The van der Waals surface area contributed by atoms with E-state index in [4.69, 9.17) is 4.74 Å². The van der Waals surface area contributed by atoms with Crippen LogP contribution < -0.4 is 0 Å². The molecular formula is C9H16O3. The maximum Gasteiger partial charge on any atom is 0.335 e. The molecule has 0 amide bonds. The highest BCUT2D eigenvalue weighted by Crippen LogP contribution is 2.24. The predicted octanol–water partition coefficient (Wildman–Crippen LogP) is 1.36. The molecule has 12 heavy (non-hydrogen) atoms. The van der Waals surface area contributed by atoms with E-state index in [9.17, 15) is 4.79 Å². The second kappa shape index (κ2) is 4.45. The molecule has 1 saturated heterocycles. The summed E-state index contributed by atoms with van der Waals surface area (Å²) in [6.45, 7) is 2.77. The fourth-order valence-corrected chi connectivity index (χ4v) is 1.64. The number of hydrogen-bond donors (Lipinski definition) is 0. The van der Waals surface area contributed by atoms with Gasteiger partial charge in [-0.15, -0.1) is 0 Å². The second-order valence-corrected chi connectivity index (χ2v) is 3.13. The molecule has 0 aromatic heterocycles. The van der Waals surface area contributed by atoms with Crippen molar-refractivity contribution in [3.63, 3.8) is 0 Å². The maximum absolute atomic E-state index is 11.2. The van der Waals surface area contributed by atoms with E-state index in [-0.39, 0.29) is 12.1 Å². The number of esters is 1. The van der Waals surface area contributed by atoms with Crippen LogP contribution in [0.25, 0.3) is 0 Å². The van der Waals surface area contributed by atoms with Crippen LogP contribution >= 0.6 is 0 Å².